The van der Waals surface area contributed by atoms with Crippen LogP contribution in [0.25, 0.3) is 0 Å². The number of carbonyl (C=O) groups is 1. The molecule has 2 aliphatic heterocycles. The van der Waals surface area contributed by atoms with Crippen molar-refractivity contribution in [3.63, 3.8) is 0 Å². The van der Waals surface area contributed by atoms with Crippen LogP contribution in [0.2, 0.25) is 0 Å². The van der Waals surface area contributed by atoms with Gasteiger partial charge in [0.15, 0.2) is 5.69 Å². The molecule has 0 aromatic carbocycles. The van der Waals surface area contributed by atoms with Crippen molar-refractivity contribution < 1.29 is 17.9 Å². The molecule has 26 heavy (non-hydrogen) atoms. The van der Waals surface area contributed by atoms with Gasteiger partial charge in [0.2, 0.25) is 15.9 Å². The maximum absolute atomic E-state index is 12.4. The zero-order chi connectivity index (χ0) is 18.7. The van der Waals surface area contributed by atoms with E-state index in [9.17, 15) is 13.2 Å². The predicted molar refractivity (Wildman–Crippen MR) is 96.9 cm³/mol. The first-order valence-electron chi connectivity index (χ1n) is 9.11. The summed E-state index contributed by atoms with van der Waals surface area (Å²) in [6.07, 6.45) is 0.898. The van der Waals surface area contributed by atoms with Crippen LogP contribution in [-0.4, -0.2) is 84.9 Å². The Balaban J connectivity index is 1.46. The van der Waals surface area contributed by atoms with E-state index in [1.807, 2.05) is 6.92 Å². The molecule has 0 bridgehead atoms. The zero-order valence-corrected chi connectivity index (χ0v) is 16.2. The monoisotopic (exact) mass is 385 g/mol. The number of carbonyl (C=O) groups excluding carboxylic acids is 1. The van der Waals surface area contributed by atoms with Gasteiger partial charge < -0.3 is 10.1 Å². The van der Waals surface area contributed by atoms with E-state index in [-0.39, 0.29) is 11.7 Å². The highest BCUT2D eigenvalue weighted by Gasteiger charge is 2.26. The molecule has 9 nitrogen and oxygen atoms in total. The van der Waals surface area contributed by atoms with E-state index in [1.165, 1.54) is 0 Å². The van der Waals surface area contributed by atoms with Crippen molar-refractivity contribution >= 4 is 15.9 Å². The van der Waals surface area contributed by atoms with Crippen LogP contribution in [0.4, 0.5) is 0 Å². The topological polar surface area (TPSA) is 96.8 Å². The number of hydrogen-bond donors (Lipinski definition) is 1. The average molecular weight is 385 g/mol. The van der Waals surface area contributed by atoms with Crippen LogP contribution in [0, 0.1) is 6.92 Å². The summed E-state index contributed by atoms with van der Waals surface area (Å²) in [5.41, 5.74) is 1.20. The number of hydrogen-bond acceptors (Lipinski definition) is 6. The second-order valence-electron chi connectivity index (χ2n) is 6.60. The molecule has 0 saturated carbocycles. The Hall–Kier alpha value is -1.65. The van der Waals surface area contributed by atoms with Crippen LogP contribution in [0.1, 0.15) is 29.4 Å². The number of nitrogens with zero attached hydrogens (tertiary/aromatic N) is 4. The van der Waals surface area contributed by atoms with E-state index in [2.05, 4.69) is 15.3 Å². The highest BCUT2D eigenvalue weighted by molar-refractivity contribution is 7.89. The smallest absolute Gasteiger partial charge is 0.272 e. The van der Waals surface area contributed by atoms with Gasteiger partial charge in [-0.05, 0) is 13.8 Å². The van der Waals surface area contributed by atoms with E-state index in [0.717, 1.165) is 18.5 Å². The summed E-state index contributed by atoms with van der Waals surface area (Å²) < 4.78 is 32.6. The van der Waals surface area contributed by atoms with Gasteiger partial charge in [-0.15, -0.1) is 0 Å². The van der Waals surface area contributed by atoms with Crippen molar-refractivity contribution in [2.45, 2.75) is 26.8 Å². The highest BCUT2D eigenvalue weighted by Crippen LogP contribution is 2.24. The van der Waals surface area contributed by atoms with E-state index >= 15 is 0 Å². The number of aryl methyl sites for hydroxylation is 1. The second kappa shape index (κ2) is 7.93. The fourth-order valence-electron chi connectivity index (χ4n) is 3.29. The van der Waals surface area contributed by atoms with E-state index in [4.69, 9.17) is 4.74 Å². The van der Waals surface area contributed by atoms with Crippen molar-refractivity contribution in [3.8, 4) is 5.88 Å². The summed E-state index contributed by atoms with van der Waals surface area (Å²) in [6.45, 7) is 8.52. The third-order valence-electron chi connectivity index (χ3n) is 4.90. The summed E-state index contributed by atoms with van der Waals surface area (Å²) in [7, 11) is -3.11. The first-order valence-corrected chi connectivity index (χ1v) is 10.7. The Kier molecular flexibility index (Phi) is 5.83. The van der Waals surface area contributed by atoms with Gasteiger partial charge in [-0.25, -0.2) is 13.1 Å². The SMILES string of the molecule is CCS(=O)(=O)N1CCN(CCNC(=O)c2nn3c(c2C)OCCC3)CC1. The van der Waals surface area contributed by atoms with Crippen LogP contribution in [0.5, 0.6) is 5.88 Å². The minimum Gasteiger partial charge on any atom is -0.478 e. The van der Waals surface area contributed by atoms with Gasteiger partial charge in [0.25, 0.3) is 5.91 Å². The number of rotatable bonds is 6. The number of aromatic nitrogens is 2. The maximum atomic E-state index is 12.4. The van der Waals surface area contributed by atoms with E-state index in [0.29, 0.717) is 57.4 Å². The molecule has 0 unspecified atom stereocenters. The summed E-state index contributed by atoms with van der Waals surface area (Å²) in [5, 5.41) is 7.26. The maximum Gasteiger partial charge on any atom is 0.272 e. The Bertz CT molecular complexity index is 753. The Morgan fingerprint density at radius 3 is 2.62 bits per heavy atom. The molecule has 10 heteroatoms. The Morgan fingerprint density at radius 1 is 1.23 bits per heavy atom. The Morgan fingerprint density at radius 2 is 1.96 bits per heavy atom. The van der Waals surface area contributed by atoms with Crippen LogP contribution < -0.4 is 10.1 Å². The molecule has 1 N–H and O–H groups in total. The van der Waals surface area contributed by atoms with Crippen molar-refractivity contribution in [3.05, 3.63) is 11.3 Å². The number of fused-ring (bicyclic) bond motifs is 1. The summed E-state index contributed by atoms with van der Waals surface area (Å²) in [5.74, 6) is 0.635. The van der Waals surface area contributed by atoms with Crippen LogP contribution in [-0.2, 0) is 16.6 Å². The third kappa shape index (κ3) is 4.02. The molecule has 1 fully saturated rings. The van der Waals surface area contributed by atoms with Crippen LogP contribution in [0.3, 0.4) is 0 Å². The predicted octanol–water partition coefficient (Wildman–Crippen LogP) is -0.329. The minimum atomic E-state index is -3.11. The van der Waals surface area contributed by atoms with E-state index in [1.54, 1.807) is 15.9 Å². The van der Waals surface area contributed by atoms with Crippen LogP contribution in [0.15, 0.2) is 0 Å². The quantitative estimate of drug-likeness (QED) is 0.720. The molecule has 0 radical (unpaired) electrons. The molecule has 2 aliphatic rings. The molecular formula is C16H27N5O4S. The zero-order valence-electron chi connectivity index (χ0n) is 15.4. The highest BCUT2D eigenvalue weighted by atomic mass is 32.2. The summed E-state index contributed by atoms with van der Waals surface area (Å²) in [4.78, 5) is 14.6. The van der Waals surface area contributed by atoms with Gasteiger partial charge in [0, 0.05) is 57.8 Å². The van der Waals surface area contributed by atoms with Gasteiger partial charge in [-0.2, -0.15) is 9.40 Å². The summed E-state index contributed by atoms with van der Waals surface area (Å²) >= 11 is 0. The normalized spacial score (nSPS) is 19.0. The van der Waals surface area contributed by atoms with Crippen molar-refractivity contribution in [2.75, 3.05) is 51.6 Å². The lowest BCUT2D eigenvalue weighted by Crippen LogP contribution is -2.50. The van der Waals surface area contributed by atoms with Crippen LogP contribution >= 0.6 is 0 Å². The Labute approximate surface area is 154 Å². The number of ether oxygens (including phenoxy) is 1. The molecule has 0 spiro atoms. The summed E-state index contributed by atoms with van der Waals surface area (Å²) in [6, 6.07) is 0. The van der Waals surface area contributed by atoms with Gasteiger partial charge in [0.05, 0.1) is 12.4 Å². The molecule has 1 saturated heterocycles. The fourth-order valence-corrected chi connectivity index (χ4v) is 4.38. The standard InChI is InChI=1S/C16H27N5O4S/c1-3-26(23,24)20-10-8-19(9-11-20)7-5-17-15(22)14-13(2)16-21(18-14)6-4-12-25-16/h3-12H2,1-2H3,(H,17,22). The second-order valence-corrected chi connectivity index (χ2v) is 8.86. The van der Waals surface area contributed by atoms with Gasteiger partial charge in [-0.1, -0.05) is 0 Å². The molecule has 3 rings (SSSR count). The molecule has 3 heterocycles. The average Bonchev–Trinajstić information content (AvgIpc) is 2.99. The molecule has 0 aliphatic carbocycles. The number of nitrogens with one attached hydrogen (secondary N) is 1. The lowest BCUT2D eigenvalue weighted by atomic mass is 10.2. The van der Waals surface area contributed by atoms with Gasteiger partial charge in [-0.3, -0.25) is 9.69 Å². The molecule has 1 aromatic rings. The van der Waals surface area contributed by atoms with Crippen molar-refractivity contribution in [1.82, 2.24) is 24.3 Å². The lowest BCUT2D eigenvalue weighted by Gasteiger charge is -2.33. The van der Waals surface area contributed by atoms with Crippen molar-refractivity contribution in [1.29, 1.82) is 0 Å². The minimum absolute atomic E-state index is 0.140. The molecule has 0 atom stereocenters. The largest absolute Gasteiger partial charge is 0.478 e. The molecule has 146 valence electrons. The lowest BCUT2D eigenvalue weighted by molar-refractivity contribution is 0.0938. The first-order chi connectivity index (χ1) is 12.4. The first kappa shape index (κ1) is 19.1. The van der Waals surface area contributed by atoms with Crippen molar-refractivity contribution in [2.24, 2.45) is 0 Å². The number of amides is 1. The number of sulfonamides is 1. The number of piperazine rings is 1. The molecule has 1 amide bonds. The molecule has 1 aromatic heterocycles. The van der Waals surface area contributed by atoms with Gasteiger partial charge >= 0.3 is 0 Å². The molecular weight excluding hydrogens is 358 g/mol. The fraction of sp³-hybridized carbons (Fsp3) is 0.750. The van der Waals surface area contributed by atoms with E-state index < -0.39 is 10.0 Å². The van der Waals surface area contributed by atoms with Gasteiger partial charge in [0.1, 0.15) is 0 Å². The third-order valence-corrected chi connectivity index (χ3v) is 6.78.